The molecule has 1 N–H and O–H groups in total. The molecule has 1 aliphatic carbocycles. The van der Waals surface area contributed by atoms with E-state index in [9.17, 15) is 4.79 Å². The molecule has 1 aromatic carbocycles. The van der Waals surface area contributed by atoms with Gasteiger partial charge in [-0.15, -0.1) is 0 Å². The van der Waals surface area contributed by atoms with E-state index in [1.165, 1.54) is 0 Å². The van der Waals surface area contributed by atoms with E-state index in [1.54, 1.807) is 0 Å². The third-order valence-electron chi connectivity index (χ3n) is 3.56. The van der Waals surface area contributed by atoms with Crippen LogP contribution in [0, 0.1) is 5.41 Å². The number of fused-ring (bicyclic) bond motifs is 1. The summed E-state index contributed by atoms with van der Waals surface area (Å²) in [5.74, 6) is 1.08. The molecule has 0 atom stereocenters. The maximum absolute atomic E-state index is 12.3. The number of ketones is 1. The lowest BCUT2D eigenvalue weighted by Gasteiger charge is -2.25. The van der Waals surface area contributed by atoms with Gasteiger partial charge in [0.1, 0.15) is 5.75 Å². The van der Waals surface area contributed by atoms with Gasteiger partial charge in [-0.25, -0.2) is 0 Å². The monoisotopic (exact) mass is 231 g/mol. The third-order valence-corrected chi connectivity index (χ3v) is 3.56. The lowest BCUT2D eigenvalue weighted by atomic mass is 9.90. The zero-order chi connectivity index (χ0) is 12.0. The number of anilines is 1. The van der Waals surface area contributed by atoms with E-state index >= 15 is 0 Å². The summed E-state index contributed by atoms with van der Waals surface area (Å²) in [7, 11) is 0. The molecule has 0 radical (unpaired) electrons. The van der Waals surface area contributed by atoms with Gasteiger partial charge in [0.15, 0.2) is 5.78 Å². The minimum Gasteiger partial charge on any atom is -0.491 e. The van der Waals surface area contributed by atoms with Gasteiger partial charge >= 0.3 is 0 Å². The molecule has 1 spiro atoms. The molecule has 1 fully saturated rings. The molecule has 1 saturated carbocycles. The third kappa shape index (κ3) is 1.70. The summed E-state index contributed by atoms with van der Waals surface area (Å²) in [5, 5.41) is 3.35. The van der Waals surface area contributed by atoms with Crippen molar-refractivity contribution in [3.63, 3.8) is 0 Å². The largest absolute Gasteiger partial charge is 0.491 e. The average Bonchev–Trinajstić information content (AvgIpc) is 3.05. The molecule has 90 valence electrons. The minimum atomic E-state index is -0.0938. The lowest BCUT2D eigenvalue weighted by Crippen LogP contribution is -2.31. The van der Waals surface area contributed by atoms with Crippen molar-refractivity contribution in [3.05, 3.63) is 23.8 Å². The Labute approximate surface area is 101 Å². The second-order valence-corrected chi connectivity index (χ2v) is 5.34. The Morgan fingerprint density at radius 3 is 2.76 bits per heavy atom. The number of hydrogen-bond acceptors (Lipinski definition) is 3. The van der Waals surface area contributed by atoms with E-state index in [-0.39, 0.29) is 11.5 Å². The van der Waals surface area contributed by atoms with E-state index in [0.717, 1.165) is 36.4 Å². The molecule has 1 aromatic rings. The zero-order valence-electron chi connectivity index (χ0n) is 10.2. The van der Waals surface area contributed by atoms with E-state index in [4.69, 9.17) is 4.74 Å². The fourth-order valence-corrected chi connectivity index (χ4v) is 2.40. The van der Waals surface area contributed by atoms with Gasteiger partial charge in [0.05, 0.1) is 11.5 Å². The zero-order valence-corrected chi connectivity index (χ0v) is 10.2. The maximum atomic E-state index is 12.3. The van der Waals surface area contributed by atoms with Gasteiger partial charge in [-0.05, 0) is 44.9 Å². The molecule has 0 unspecified atom stereocenters. The average molecular weight is 231 g/mol. The van der Waals surface area contributed by atoms with Crippen LogP contribution in [-0.2, 0) is 0 Å². The smallest absolute Gasteiger partial charge is 0.172 e. The van der Waals surface area contributed by atoms with Gasteiger partial charge in [0.25, 0.3) is 0 Å². The fraction of sp³-hybridized carbons (Fsp3) is 0.500. The van der Waals surface area contributed by atoms with Crippen molar-refractivity contribution >= 4 is 11.5 Å². The topological polar surface area (TPSA) is 38.3 Å². The van der Waals surface area contributed by atoms with E-state index < -0.39 is 0 Å². The number of nitrogens with one attached hydrogen (secondary N) is 1. The van der Waals surface area contributed by atoms with Gasteiger partial charge in [-0.1, -0.05) is 0 Å². The molecule has 0 aromatic heterocycles. The Kier molecular flexibility index (Phi) is 2.18. The fourth-order valence-electron chi connectivity index (χ4n) is 2.40. The van der Waals surface area contributed by atoms with Gasteiger partial charge in [-0.2, -0.15) is 0 Å². The van der Waals surface area contributed by atoms with Crippen molar-refractivity contribution < 1.29 is 9.53 Å². The Morgan fingerprint density at radius 1 is 1.35 bits per heavy atom. The molecule has 17 heavy (non-hydrogen) atoms. The maximum Gasteiger partial charge on any atom is 0.172 e. The highest BCUT2D eigenvalue weighted by Crippen LogP contribution is 2.51. The van der Waals surface area contributed by atoms with Gasteiger partial charge in [-0.3, -0.25) is 4.79 Å². The molecule has 3 nitrogen and oxygen atoms in total. The first-order valence-corrected chi connectivity index (χ1v) is 6.20. The standard InChI is InChI=1S/C14H17NO2/c1-9(2)17-10-3-4-12-11(7-10)13(16)14(5-6-14)8-15-12/h3-4,7,9,15H,5-6,8H2,1-2H3. The number of Topliss-reactive ketones (excluding diaryl/α,β-unsaturated/α-hetero) is 1. The van der Waals surface area contributed by atoms with Crippen molar-refractivity contribution in [1.29, 1.82) is 0 Å². The minimum absolute atomic E-state index is 0.0938. The van der Waals surface area contributed by atoms with Crippen LogP contribution < -0.4 is 10.1 Å². The first-order valence-electron chi connectivity index (χ1n) is 6.20. The first-order chi connectivity index (χ1) is 8.11. The van der Waals surface area contributed by atoms with Crippen LogP contribution in [0.1, 0.15) is 37.0 Å². The summed E-state index contributed by atoms with van der Waals surface area (Å²) >= 11 is 0. The number of hydrogen-bond donors (Lipinski definition) is 1. The highest BCUT2D eigenvalue weighted by Gasteiger charge is 2.52. The summed E-state index contributed by atoms with van der Waals surface area (Å²) in [6.45, 7) is 4.77. The SMILES string of the molecule is CC(C)Oc1ccc2c(c1)C(=O)C1(CC1)CN2. The van der Waals surface area contributed by atoms with Gasteiger partial charge < -0.3 is 10.1 Å². The van der Waals surface area contributed by atoms with Crippen LogP contribution in [0.3, 0.4) is 0 Å². The molecule has 0 bridgehead atoms. The van der Waals surface area contributed by atoms with Crippen LogP contribution in [0.5, 0.6) is 5.75 Å². The Hall–Kier alpha value is -1.51. The highest BCUT2D eigenvalue weighted by molar-refractivity contribution is 6.08. The number of carbonyl (C=O) groups is 1. The number of ether oxygens (including phenoxy) is 1. The van der Waals surface area contributed by atoms with Crippen molar-refractivity contribution in [3.8, 4) is 5.75 Å². The van der Waals surface area contributed by atoms with Crippen molar-refractivity contribution in [2.24, 2.45) is 5.41 Å². The summed E-state index contributed by atoms with van der Waals surface area (Å²) < 4.78 is 5.64. The van der Waals surface area contributed by atoms with Gasteiger partial charge in [0, 0.05) is 17.8 Å². The molecular formula is C14H17NO2. The molecular weight excluding hydrogens is 214 g/mol. The van der Waals surface area contributed by atoms with Crippen LogP contribution >= 0.6 is 0 Å². The summed E-state index contributed by atoms with van der Waals surface area (Å²) in [5.41, 5.74) is 1.65. The molecule has 0 saturated heterocycles. The first kappa shape index (κ1) is 10.6. The number of benzene rings is 1. The quantitative estimate of drug-likeness (QED) is 0.850. The number of carbonyl (C=O) groups excluding carboxylic acids is 1. The Bertz CT molecular complexity index is 475. The summed E-state index contributed by atoms with van der Waals surface area (Å²) in [4.78, 5) is 12.3. The van der Waals surface area contributed by atoms with Gasteiger partial charge in [0.2, 0.25) is 0 Å². The van der Waals surface area contributed by atoms with Crippen molar-refractivity contribution in [2.75, 3.05) is 11.9 Å². The molecule has 0 amide bonds. The molecule has 3 rings (SSSR count). The van der Waals surface area contributed by atoms with Crippen LogP contribution in [0.2, 0.25) is 0 Å². The normalized spacial score (nSPS) is 20.1. The van der Waals surface area contributed by atoms with Crippen molar-refractivity contribution in [1.82, 2.24) is 0 Å². The molecule has 2 aliphatic rings. The molecule has 3 heteroatoms. The highest BCUT2D eigenvalue weighted by atomic mass is 16.5. The molecule has 1 aliphatic heterocycles. The van der Waals surface area contributed by atoms with Crippen LogP contribution in [0.4, 0.5) is 5.69 Å². The van der Waals surface area contributed by atoms with E-state index in [1.807, 2.05) is 32.0 Å². The lowest BCUT2D eigenvalue weighted by molar-refractivity contribution is 0.0902. The Balaban J connectivity index is 1.96. The second kappa shape index (κ2) is 3.49. The van der Waals surface area contributed by atoms with Crippen LogP contribution in [0.25, 0.3) is 0 Å². The predicted molar refractivity (Wildman–Crippen MR) is 66.7 cm³/mol. The second-order valence-electron chi connectivity index (χ2n) is 5.34. The van der Waals surface area contributed by atoms with Crippen LogP contribution in [0.15, 0.2) is 18.2 Å². The summed E-state index contributed by atoms with van der Waals surface area (Å²) in [6.07, 6.45) is 2.18. The summed E-state index contributed by atoms with van der Waals surface area (Å²) in [6, 6.07) is 5.74. The Morgan fingerprint density at radius 2 is 2.12 bits per heavy atom. The van der Waals surface area contributed by atoms with E-state index in [2.05, 4.69) is 5.32 Å². The van der Waals surface area contributed by atoms with Crippen LogP contribution in [-0.4, -0.2) is 18.4 Å². The molecule has 1 heterocycles. The van der Waals surface area contributed by atoms with Crippen molar-refractivity contribution in [2.45, 2.75) is 32.8 Å². The van der Waals surface area contributed by atoms with E-state index in [0.29, 0.717) is 5.78 Å². The predicted octanol–water partition coefficient (Wildman–Crippen LogP) is 2.86. The number of rotatable bonds is 2.